The summed E-state index contributed by atoms with van der Waals surface area (Å²) in [5.41, 5.74) is 0.954. The van der Waals surface area contributed by atoms with Gasteiger partial charge in [-0.3, -0.25) is 0 Å². The number of aromatic carboxylic acids is 1. The van der Waals surface area contributed by atoms with Crippen LogP contribution < -0.4 is 4.90 Å². The smallest absolute Gasteiger partial charge is 0.335 e. The number of carboxylic acid groups (broad SMARTS) is 1. The number of nitrogens with zero attached hydrogens (tertiary/aromatic N) is 2. The number of unbranched alkanes of at least 4 members (excludes halogenated alkanes) is 1. The Bertz CT molecular complexity index is 450. The summed E-state index contributed by atoms with van der Waals surface area (Å²) < 4.78 is 0. The molecule has 106 valence electrons. The molecule has 1 N–H and O–H groups in total. The van der Waals surface area contributed by atoms with Crippen molar-refractivity contribution in [3.8, 4) is 0 Å². The molecule has 0 spiro atoms. The third kappa shape index (κ3) is 4.23. The van der Waals surface area contributed by atoms with Crippen LogP contribution in [0.1, 0.15) is 56.6 Å². The Labute approximate surface area is 115 Å². The van der Waals surface area contributed by atoms with E-state index >= 15 is 0 Å². The first kappa shape index (κ1) is 15.5. The highest BCUT2D eigenvalue weighted by atomic mass is 16.4. The van der Waals surface area contributed by atoms with E-state index in [0.29, 0.717) is 5.56 Å². The van der Waals surface area contributed by atoms with Crippen molar-refractivity contribution in [2.24, 2.45) is 0 Å². The number of carbonyl (C=O) groups is 1. The third-order valence-electron chi connectivity index (χ3n) is 3.07. The van der Waals surface area contributed by atoms with Crippen LogP contribution in [0.3, 0.4) is 0 Å². The molecule has 0 radical (unpaired) electrons. The van der Waals surface area contributed by atoms with E-state index in [1.807, 2.05) is 32.7 Å². The molecule has 19 heavy (non-hydrogen) atoms. The van der Waals surface area contributed by atoms with E-state index in [0.717, 1.165) is 30.9 Å². The summed E-state index contributed by atoms with van der Waals surface area (Å²) in [6.07, 6.45) is 2.18. The molecule has 1 heterocycles. The Balaban J connectivity index is 3.17. The van der Waals surface area contributed by atoms with E-state index < -0.39 is 5.97 Å². The summed E-state index contributed by atoms with van der Waals surface area (Å²) in [5.74, 6) is -0.170. The number of rotatable bonds is 5. The van der Waals surface area contributed by atoms with E-state index in [2.05, 4.69) is 11.9 Å². The lowest BCUT2D eigenvalue weighted by atomic mass is 9.90. The topological polar surface area (TPSA) is 53.4 Å². The average molecular weight is 264 g/mol. The normalized spacial score (nSPS) is 11.4. The van der Waals surface area contributed by atoms with Crippen molar-refractivity contribution in [1.82, 2.24) is 4.98 Å². The number of hydrogen-bond donors (Lipinski definition) is 1. The maximum atomic E-state index is 11.2. The first-order valence-electron chi connectivity index (χ1n) is 6.72. The molecule has 0 aliphatic rings. The van der Waals surface area contributed by atoms with Gasteiger partial charge in [-0.25, -0.2) is 9.78 Å². The van der Waals surface area contributed by atoms with Crippen LogP contribution in [0.5, 0.6) is 0 Å². The van der Waals surface area contributed by atoms with Crippen LogP contribution in [-0.2, 0) is 5.41 Å². The standard InChI is InChI=1S/C15H24N2O2/c1-6-7-8-17(5)13-10-11(14(18)19)9-12(16-13)15(2,3)4/h9-10H,6-8H2,1-5H3,(H,18,19). The largest absolute Gasteiger partial charge is 0.478 e. The Morgan fingerprint density at radius 1 is 1.37 bits per heavy atom. The Morgan fingerprint density at radius 3 is 2.47 bits per heavy atom. The van der Waals surface area contributed by atoms with Gasteiger partial charge >= 0.3 is 5.97 Å². The van der Waals surface area contributed by atoms with Crippen molar-refractivity contribution in [3.05, 3.63) is 23.4 Å². The van der Waals surface area contributed by atoms with Crippen LogP contribution in [0.15, 0.2) is 12.1 Å². The molecule has 1 rings (SSSR count). The van der Waals surface area contributed by atoms with Crippen LogP contribution in [-0.4, -0.2) is 29.7 Å². The Morgan fingerprint density at radius 2 is 2.00 bits per heavy atom. The molecule has 1 aromatic rings. The second kappa shape index (κ2) is 6.04. The van der Waals surface area contributed by atoms with Gasteiger partial charge in [0.25, 0.3) is 0 Å². The maximum absolute atomic E-state index is 11.2. The van der Waals surface area contributed by atoms with Crippen LogP contribution in [0.25, 0.3) is 0 Å². The van der Waals surface area contributed by atoms with E-state index in [4.69, 9.17) is 0 Å². The van der Waals surface area contributed by atoms with Gasteiger partial charge in [-0.1, -0.05) is 34.1 Å². The highest BCUT2D eigenvalue weighted by molar-refractivity contribution is 5.88. The molecule has 4 heteroatoms. The second-order valence-electron chi connectivity index (χ2n) is 5.93. The number of hydrogen-bond acceptors (Lipinski definition) is 3. The number of anilines is 1. The first-order chi connectivity index (χ1) is 8.75. The molecular weight excluding hydrogens is 240 g/mol. The fraction of sp³-hybridized carbons (Fsp3) is 0.600. The second-order valence-corrected chi connectivity index (χ2v) is 5.93. The van der Waals surface area contributed by atoms with Crippen LogP contribution in [0.2, 0.25) is 0 Å². The van der Waals surface area contributed by atoms with E-state index in [1.165, 1.54) is 0 Å². The molecule has 0 amide bonds. The zero-order valence-electron chi connectivity index (χ0n) is 12.5. The molecule has 0 unspecified atom stereocenters. The molecule has 0 fully saturated rings. The minimum absolute atomic E-state index is 0.161. The van der Waals surface area contributed by atoms with Gasteiger partial charge in [0.2, 0.25) is 0 Å². The molecule has 4 nitrogen and oxygen atoms in total. The predicted octanol–water partition coefficient (Wildman–Crippen LogP) is 3.31. The van der Waals surface area contributed by atoms with Crippen molar-refractivity contribution in [2.75, 3.05) is 18.5 Å². The van der Waals surface area contributed by atoms with Gasteiger partial charge in [0.05, 0.1) is 5.56 Å². The molecule has 0 saturated heterocycles. The fourth-order valence-corrected chi connectivity index (χ4v) is 1.73. The summed E-state index contributed by atoms with van der Waals surface area (Å²) in [4.78, 5) is 17.8. The predicted molar refractivity (Wildman–Crippen MR) is 78.1 cm³/mol. The quantitative estimate of drug-likeness (QED) is 0.886. The zero-order chi connectivity index (χ0) is 14.6. The lowest BCUT2D eigenvalue weighted by molar-refractivity contribution is 0.0696. The Kier molecular flexibility index (Phi) is 4.92. The first-order valence-corrected chi connectivity index (χ1v) is 6.72. The summed E-state index contributed by atoms with van der Waals surface area (Å²) in [6, 6.07) is 3.31. The van der Waals surface area contributed by atoms with Crippen LogP contribution >= 0.6 is 0 Å². The number of aromatic nitrogens is 1. The zero-order valence-corrected chi connectivity index (χ0v) is 12.5. The molecule has 0 saturated carbocycles. The summed E-state index contributed by atoms with van der Waals surface area (Å²) in [7, 11) is 1.95. The van der Waals surface area contributed by atoms with Crippen molar-refractivity contribution < 1.29 is 9.90 Å². The van der Waals surface area contributed by atoms with Crippen molar-refractivity contribution in [1.29, 1.82) is 0 Å². The van der Waals surface area contributed by atoms with E-state index in [9.17, 15) is 9.90 Å². The van der Waals surface area contributed by atoms with E-state index in [1.54, 1.807) is 12.1 Å². The monoisotopic (exact) mass is 264 g/mol. The van der Waals surface area contributed by atoms with Gasteiger partial charge in [-0.05, 0) is 18.6 Å². The fourth-order valence-electron chi connectivity index (χ4n) is 1.73. The van der Waals surface area contributed by atoms with Crippen LogP contribution in [0, 0.1) is 0 Å². The minimum Gasteiger partial charge on any atom is -0.478 e. The van der Waals surface area contributed by atoms with Gasteiger partial charge in [-0.15, -0.1) is 0 Å². The van der Waals surface area contributed by atoms with Crippen molar-refractivity contribution in [3.63, 3.8) is 0 Å². The van der Waals surface area contributed by atoms with Gasteiger partial charge < -0.3 is 10.0 Å². The van der Waals surface area contributed by atoms with Gasteiger partial charge in [0.1, 0.15) is 5.82 Å². The third-order valence-corrected chi connectivity index (χ3v) is 3.07. The van der Waals surface area contributed by atoms with Crippen molar-refractivity contribution in [2.45, 2.75) is 46.0 Å². The summed E-state index contributed by atoms with van der Waals surface area (Å²) in [6.45, 7) is 9.13. The molecule has 0 aromatic carbocycles. The van der Waals surface area contributed by atoms with Gasteiger partial charge in [-0.2, -0.15) is 0 Å². The Hall–Kier alpha value is -1.58. The SMILES string of the molecule is CCCCN(C)c1cc(C(=O)O)cc(C(C)(C)C)n1. The molecule has 1 aromatic heterocycles. The number of carboxylic acids is 1. The van der Waals surface area contributed by atoms with E-state index in [-0.39, 0.29) is 5.41 Å². The van der Waals surface area contributed by atoms with Gasteiger partial charge in [0.15, 0.2) is 0 Å². The summed E-state index contributed by atoms with van der Waals surface area (Å²) in [5, 5.41) is 9.21. The average Bonchev–Trinajstić information content (AvgIpc) is 2.34. The lowest BCUT2D eigenvalue weighted by Crippen LogP contribution is -2.23. The van der Waals surface area contributed by atoms with Crippen molar-refractivity contribution >= 4 is 11.8 Å². The number of pyridine rings is 1. The lowest BCUT2D eigenvalue weighted by Gasteiger charge is -2.23. The van der Waals surface area contributed by atoms with Crippen LogP contribution in [0.4, 0.5) is 5.82 Å². The molecular formula is C15H24N2O2. The highest BCUT2D eigenvalue weighted by Gasteiger charge is 2.20. The molecule has 0 atom stereocenters. The molecule has 0 aliphatic heterocycles. The minimum atomic E-state index is -0.905. The molecule has 0 aliphatic carbocycles. The summed E-state index contributed by atoms with van der Waals surface area (Å²) >= 11 is 0. The highest BCUT2D eigenvalue weighted by Crippen LogP contribution is 2.24. The van der Waals surface area contributed by atoms with Gasteiger partial charge in [0, 0.05) is 24.7 Å². The maximum Gasteiger partial charge on any atom is 0.335 e. The molecule has 0 bridgehead atoms.